The van der Waals surface area contributed by atoms with Gasteiger partial charge in [0.2, 0.25) is 5.95 Å². The van der Waals surface area contributed by atoms with Gasteiger partial charge >= 0.3 is 6.18 Å². The highest BCUT2D eigenvalue weighted by Crippen LogP contribution is 2.32. The second-order valence-electron chi connectivity index (χ2n) is 6.03. The van der Waals surface area contributed by atoms with E-state index >= 15 is 0 Å². The Bertz CT molecular complexity index is 683. The lowest BCUT2D eigenvalue weighted by Gasteiger charge is -2.33. The van der Waals surface area contributed by atoms with Crippen LogP contribution >= 0.6 is 0 Å². The van der Waals surface area contributed by atoms with Gasteiger partial charge in [-0.3, -0.25) is 4.68 Å². The third kappa shape index (κ3) is 3.44. The number of piperidine rings is 1. The third-order valence-corrected chi connectivity index (χ3v) is 4.03. The molecule has 0 N–H and O–H groups in total. The average molecular weight is 340 g/mol. The summed E-state index contributed by atoms with van der Waals surface area (Å²) in [5, 5.41) is 4.23. The lowest BCUT2D eigenvalue weighted by molar-refractivity contribution is -0.141. The highest BCUT2D eigenvalue weighted by molar-refractivity contribution is 5.46. The molecule has 1 saturated heterocycles. The fraction of sp³-hybridized carbons (Fsp3) is 0.533. The van der Waals surface area contributed by atoms with Gasteiger partial charge in [-0.05, 0) is 18.9 Å². The van der Waals surface area contributed by atoms with E-state index in [4.69, 9.17) is 0 Å². The van der Waals surface area contributed by atoms with Gasteiger partial charge in [0.25, 0.3) is 0 Å². The minimum Gasteiger partial charge on any atom is -0.363 e. The first-order chi connectivity index (χ1) is 11.3. The first-order valence-electron chi connectivity index (χ1n) is 7.72. The van der Waals surface area contributed by atoms with Gasteiger partial charge in [-0.2, -0.15) is 23.3 Å². The van der Waals surface area contributed by atoms with E-state index in [0.29, 0.717) is 13.1 Å². The van der Waals surface area contributed by atoms with Gasteiger partial charge in [-0.1, -0.05) is 0 Å². The molecule has 24 heavy (non-hydrogen) atoms. The van der Waals surface area contributed by atoms with Crippen molar-refractivity contribution in [2.75, 3.05) is 37.0 Å². The SMILES string of the molecule is CN(C)c1cc(C(F)(F)F)nc(N2CCCC(n3cccn3)C2)n1. The first-order valence-corrected chi connectivity index (χ1v) is 7.72. The van der Waals surface area contributed by atoms with Crippen molar-refractivity contribution in [1.82, 2.24) is 19.7 Å². The molecule has 9 heteroatoms. The van der Waals surface area contributed by atoms with Crippen LogP contribution in [0.25, 0.3) is 0 Å². The van der Waals surface area contributed by atoms with E-state index in [9.17, 15) is 13.2 Å². The summed E-state index contributed by atoms with van der Waals surface area (Å²) in [7, 11) is 3.32. The fourth-order valence-electron chi connectivity index (χ4n) is 2.79. The third-order valence-electron chi connectivity index (χ3n) is 4.03. The molecule has 1 atom stereocenters. The van der Waals surface area contributed by atoms with Crippen LogP contribution in [-0.2, 0) is 6.18 Å². The number of alkyl halides is 3. The molecule has 2 aromatic heterocycles. The van der Waals surface area contributed by atoms with E-state index in [1.165, 1.54) is 0 Å². The van der Waals surface area contributed by atoms with Crippen LogP contribution in [0.3, 0.4) is 0 Å². The van der Waals surface area contributed by atoms with Crippen molar-refractivity contribution < 1.29 is 13.2 Å². The highest BCUT2D eigenvalue weighted by atomic mass is 19.4. The Morgan fingerprint density at radius 3 is 2.67 bits per heavy atom. The molecule has 3 rings (SSSR count). The molecular weight excluding hydrogens is 321 g/mol. The van der Waals surface area contributed by atoms with Crippen molar-refractivity contribution in [2.24, 2.45) is 0 Å². The molecule has 6 nitrogen and oxygen atoms in total. The lowest BCUT2D eigenvalue weighted by Crippen LogP contribution is -2.38. The quantitative estimate of drug-likeness (QED) is 0.860. The molecule has 0 radical (unpaired) electrons. The van der Waals surface area contributed by atoms with Gasteiger partial charge < -0.3 is 9.80 Å². The van der Waals surface area contributed by atoms with Crippen molar-refractivity contribution >= 4 is 11.8 Å². The number of aromatic nitrogens is 4. The van der Waals surface area contributed by atoms with Crippen LogP contribution in [0.15, 0.2) is 24.5 Å². The van der Waals surface area contributed by atoms with E-state index in [0.717, 1.165) is 18.9 Å². The molecule has 1 fully saturated rings. The molecule has 0 aliphatic carbocycles. The van der Waals surface area contributed by atoms with Gasteiger partial charge in [0, 0.05) is 45.6 Å². The predicted molar refractivity (Wildman–Crippen MR) is 84.1 cm³/mol. The zero-order valence-electron chi connectivity index (χ0n) is 13.5. The van der Waals surface area contributed by atoms with E-state index in [1.54, 1.807) is 30.1 Å². The van der Waals surface area contributed by atoms with Crippen LogP contribution in [-0.4, -0.2) is 46.9 Å². The van der Waals surface area contributed by atoms with Crippen molar-refractivity contribution in [2.45, 2.75) is 25.1 Å². The molecule has 0 spiro atoms. The van der Waals surface area contributed by atoms with E-state index < -0.39 is 11.9 Å². The van der Waals surface area contributed by atoms with Crippen molar-refractivity contribution in [3.05, 3.63) is 30.2 Å². The van der Waals surface area contributed by atoms with Gasteiger partial charge in [0.1, 0.15) is 5.82 Å². The summed E-state index contributed by atoms with van der Waals surface area (Å²) in [6.45, 7) is 1.17. The minimum absolute atomic E-state index is 0.106. The van der Waals surface area contributed by atoms with Gasteiger partial charge in [0.15, 0.2) is 5.69 Å². The Morgan fingerprint density at radius 2 is 2.04 bits per heavy atom. The number of hydrogen-bond donors (Lipinski definition) is 0. The Balaban J connectivity index is 1.91. The number of halogens is 3. The second-order valence-corrected chi connectivity index (χ2v) is 6.03. The number of nitrogens with zero attached hydrogens (tertiary/aromatic N) is 6. The number of rotatable bonds is 3. The monoisotopic (exact) mass is 340 g/mol. The fourth-order valence-corrected chi connectivity index (χ4v) is 2.79. The highest BCUT2D eigenvalue weighted by Gasteiger charge is 2.35. The van der Waals surface area contributed by atoms with E-state index in [2.05, 4.69) is 15.1 Å². The molecule has 1 aliphatic heterocycles. The summed E-state index contributed by atoms with van der Waals surface area (Å²) >= 11 is 0. The Kier molecular flexibility index (Phi) is 4.33. The summed E-state index contributed by atoms with van der Waals surface area (Å²) in [5.74, 6) is 0.360. The van der Waals surface area contributed by atoms with Crippen LogP contribution in [0.5, 0.6) is 0 Å². The maximum absolute atomic E-state index is 13.1. The molecule has 0 amide bonds. The normalized spacial score (nSPS) is 18.7. The standard InChI is InChI=1S/C15H19F3N6/c1-22(2)13-9-12(15(16,17)18)20-14(21-13)23-7-3-5-11(10-23)24-8-4-6-19-24/h4,6,8-9,11H,3,5,7,10H2,1-2H3. The van der Waals surface area contributed by atoms with E-state index in [1.807, 2.05) is 16.9 Å². The summed E-state index contributed by atoms with van der Waals surface area (Å²) in [6.07, 6.45) is 0.842. The van der Waals surface area contributed by atoms with Gasteiger partial charge in [0.05, 0.1) is 6.04 Å². The van der Waals surface area contributed by atoms with Crippen molar-refractivity contribution in [3.63, 3.8) is 0 Å². The zero-order chi connectivity index (χ0) is 17.3. The topological polar surface area (TPSA) is 50.1 Å². The van der Waals surface area contributed by atoms with E-state index in [-0.39, 0.29) is 17.8 Å². The van der Waals surface area contributed by atoms with Crippen LogP contribution in [0, 0.1) is 0 Å². The van der Waals surface area contributed by atoms with Crippen molar-refractivity contribution in [1.29, 1.82) is 0 Å². The van der Waals surface area contributed by atoms with Crippen LogP contribution in [0.1, 0.15) is 24.6 Å². The molecule has 1 unspecified atom stereocenters. The molecule has 2 aromatic rings. The van der Waals surface area contributed by atoms with Crippen LogP contribution in [0.4, 0.5) is 24.9 Å². The zero-order valence-corrected chi connectivity index (χ0v) is 13.5. The minimum atomic E-state index is -4.50. The maximum Gasteiger partial charge on any atom is 0.433 e. The largest absolute Gasteiger partial charge is 0.433 e. The molecule has 0 bridgehead atoms. The Morgan fingerprint density at radius 1 is 1.25 bits per heavy atom. The first kappa shape index (κ1) is 16.5. The summed E-state index contributed by atoms with van der Waals surface area (Å²) in [5.41, 5.74) is -0.919. The Labute approximate surface area is 137 Å². The molecule has 1 aliphatic rings. The van der Waals surface area contributed by atoms with Gasteiger partial charge in [-0.25, -0.2) is 4.98 Å². The second kappa shape index (κ2) is 6.29. The maximum atomic E-state index is 13.1. The van der Waals surface area contributed by atoms with Crippen LogP contribution in [0.2, 0.25) is 0 Å². The molecule has 0 saturated carbocycles. The average Bonchev–Trinajstić information content (AvgIpc) is 3.08. The molecular formula is C15H19F3N6. The van der Waals surface area contributed by atoms with Crippen LogP contribution < -0.4 is 9.80 Å². The summed E-state index contributed by atoms with van der Waals surface area (Å²) < 4.78 is 41.3. The van der Waals surface area contributed by atoms with Crippen molar-refractivity contribution in [3.8, 4) is 0 Å². The molecule has 3 heterocycles. The smallest absolute Gasteiger partial charge is 0.363 e. The number of anilines is 2. The Hall–Kier alpha value is -2.32. The molecule has 130 valence electrons. The lowest BCUT2D eigenvalue weighted by atomic mass is 10.1. The van der Waals surface area contributed by atoms with Gasteiger partial charge in [-0.15, -0.1) is 0 Å². The predicted octanol–water partition coefficient (Wildman–Crippen LogP) is 2.60. The number of hydrogen-bond acceptors (Lipinski definition) is 5. The summed E-state index contributed by atoms with van der Waals surface area (Å²) in [4.78, 5) is 11.4. The summed E-state index contributed by atoms with van der Waals surface area (Å²) in [6, 6.07) is 2.91. The molecule has 0 aromatic carbocycles.